The largest absolute Gasteiger partial charge is 0.323 e. The van der Waals surface area contributed by atoms with Crippen LogP contribution in [0.2, 0.25) is 0 Å². The first-order chi connectivity index (χ1) is 8.25. The molecule has 2 amide bonds. The molecule has 2 rings (SSSR count). The Kier molecular flexibility index (Phi) is 3.92. The fourth-order valence-corrected chi connectivity index (χ4v) is 1.80. The zero-order valence-corrected chi connectivity index (χ0v) is 11.0. The lowest BCUT2D eigenvalue weighted by atomic mass is 10.3. The highest BCUT2D eigenvalue weighted by Crippen LogP contribution is 2.17. The number of hydrogen-bond donors (Lipinski definition) is 2. The molecule has 0 spiro atoms. The number of carbonyl (C=O) groups excluding carboxylic acids is 1. The fourth-order valence-electron chi connectivity index (χ4n) is 1.28. The number of halogens is 1. The Balaban J connectivity index is 2.01. The van der Waals surface area contributed by atoms with Crippen LogP contribution in [0.1, 0.15) is 0 Å². The minimum atomic E-state index is -0.264. The van der Waals surface area contributed by atoms with Crippen molar-refractivity contribution in [3.63, 3.8) is 0 Å². The number of para-hydroxylation sites is 1. The highest BCUT2D eigenvalue weighted by atomic mass is 127. The number of hydrogen-bond acceptors (Lipinski definition) is 2. The molecule has 5 heteroatoms. The smallest absolute Gasteiger partial charge is 0.308 e. The van der Waals surface area contributed by atoms with Gasteiger partial charge >= 0.3 is 6.03 Å². The van der Waals surface area contributed by atoms with Gasteiger partial charge in [0, 0.05) is 21.7 Å². The van der Waals surface area contributed by atoms with Crippen molar-refractivity contribution in [2.24, 2.45) is 0 Å². The molecule has 0 fully saturated rings. The molecule has 2 aromatic rings. The molecule has 0 atom stereocenters. The van der Waals surface area contributed by atoms with E-state index >= 15 is 0 Å². The van der Waals surface area contributed by atoms with Gasteiger partial charge in [0.1, 0.15) is 0 Å². The summed E-state index contributed by atoms with van der Waals surface area (Å²) in [6, 6.07) is 10.8. The van der Waals surface area contributed by atoms with Crippen LogP contribution >= 0.6 is 22.6 Å². The molecule has 17 heavy (non-hydrogen) atoms. The maximum Gasteiger partial charge on any atom is 0.323 e. The Labute approximate surface area is 113 Å². The van der Waals surface area contributed by atoms with Gasteiger partial charge in [0.25, 0.3) is 0 Å². The molecule has 0 aliphatic heterocycles. The maximum atomic E-state index is 11.7. The van der Waals surface area contributed by atoms with Crippen LogP contribution in [0.3, 0.4) is 0 Å². The van der Waals surface area contributed by atoms with E-state index in [0.29, 0.717) is 5.69 Å². The molecule has 0 unspecified atom stereocenters. The Morgan fingerprint density at radius 2 is 1.76 bits per heavy atom. The minimum absolute atomic E-state index is 0.264. The molecule has 1 heterocycles. The Bertz CT molecular complexity index is 516. The zero-order valence-electron chi connectivity index (χ0n) is 8.85. The number of nitrogens with one attached hydrogen (secondary N) is 2. The van der Waals surface area contributed by atoms with E-state index in [1.807, 2.05) is 24.3 Å². The summed E-state index contributed by atoms with van der Waals surface area (Å²) in [6.45, 7) is 0. The highest BCUT2D eigenvalue weighted by Gasteiger charge is 2.04. The van der Waals surface area contributed by atoms with Gasteiger partial charge in [-0.1, -0.05) is 12.1 Å². The van der Waals surface area contributed by atoms with Gasteiger partial charge in [-0.05, 0) is 46.9 Å². The summed E-state index contributed by atoms with van der Waals surface area (Å²) in [5, 5.41) is 5.50. The molecular formula is C12H10IN3O. The standard InChI is InChI=1S/C12H10IN3O/c13-10-3-1-2-4-11(10)16-12(17)15-9-5-7-14-8-6-9/h1-8H,(H2,14,15,16,17). The number of anilines is 2. The molecule has 1 aromatic carbocycles. The second kappa shape index (κ2) is 5.62. The number of aromatic nitrogens is 1. The Hall–Kier alpha value is -1.63. The van der Waals surface area contributed by atoms with E-state index in [0.717, 1.165) is 9.26 Å². The van der Waals surface area contributed by atoms with E-state index in [4.69, 9.17) is 0 Å². The monoisotopic (exact) mass is 339 g/mol. The third-order valence-corrected chi connectivity index (χ3v) is 3.00. The molecule has 0 aliphatic carbocycles. The van der Waals surface area contributed by atoms with Crippen LogP contribution in [0.5, 0.6) is 0 Å². The maximum absolute atomic E-state index is 11.7. The summed E-state index contributed by atoms with van der Waals surface area (Å²) < 4.78 is 0.995. The molecule has 4 nitrogen and oxygen atoms in total. The summed E-state index contributed by atoms with van der Waals surface area (Å²) in [6.07, 6.45) is 3.25. The molecule has 0 aliphatic rings. The van der Waals surface area contributed by atoms with Gasteiger partial charge in [-0.3, -0.25) is 4.98 Å². The van der Waals surface area contributed by atoms with Gasteiger partial charge in [0.2, 0.25) is 0 Å². The van der Waals surface area contributed by atoms with Crippen LogP contribution in [-0.4, -0.2) is 11.0 Å². The number of nitrogens with zero attached hydrogens (tertiary/aromatic N) is 1. The number of urea groups is 1. The number of benzene rings is 1. The van der Waals surface area contributed by atoms with Crippen molar-refractivity contribution in [2.45, 2.75) is 0 Å². The average molecular weight is 339 g/mol. The summed E-state index contributed by atoms with van der Waals surface area (Å²) in [4.78, 5) is 15.6. The Morgan fingerprint density at radius 3 is 2.47 bits per heavy atom. The normalized spacial score (nSPS) is 9.71. The lowest BCUT2D eigenvalue weighted by Gasteiger charge is -2.08. The number of rotatable bonds is 2. The van der Waals surface area contributed by atoms with Crippen molar-refractivity contribution >= 4 is 40.0 Å². The SMILES string of the molecule is O=C(Nc1ccncc1)Nc1ccccc1I. The topological polar surface area (TPSA) is 54.0 Å². The molecule has 2 N–H and O–H groups in total. The van der Waals surface area contributed by atoms with E-state index in [1.165, 1.54) is 0 Å². The molecule has 0 saturated heterocycles. The fraction of sp³-hybridized carbons (Fsp3) is 0. The molecule has 0 saturated carbocycles. The van der Waals surface area contributed by atoms with E-state index in [2.05, 4.69) is 38.2 Å². The quantitative estimate of drug-likeness (QED) is 0.825. The lowest BCUT2D eigenvalue weighted by molar-refractivity contribution is 0.262. The van der Waals surface area contributed by atoms with E-state index < -0.39 is 0 Å². The Morgan fingerprint density at radius 1 is 1.06 bits per heavy atom. The van der Waals surface area contributed by atoms with Crippen molar-refractivity contribution in [1.82, 2.24) is 4.98 Å². The number of pyridine rings is 1. The summed E-state index contributed by atoms with van der Waals surface area (Å²) in [7, 11) is 0. The van der Waals surface area contributed by atoms with Gasteiger partial charge < -0.3 is 10.6 Å². The number of amides is 2. The first-order valence-electron chi connectivity index (χ1n) is 4.98. The summed E-state index contributed by atoms with van der Waals surface area (Å²) in [5.41, 5.74) is 1.50. The molecule has 86 valence electrons. The van der Waals surface area contributed by atoms with Crippen LogP contribution in [0.15, 0.2) is 48.8 Å². The van der Waals surface area contributed by atoms with Gasteiger partial charge in [-0.25, -0.2) is 4.79 Å². The van der Waals surface area contributed by atoms with Gasteiger partial charge in [0.05, 0.1) is 5.69 Å². The van der Waals surface area contributed by atoms with Crippen molar-refractivity contribution in [1.29, 1.82) is 0 Å². The minimum Gasteiger partial charge on any atom is -0.308 e. The van der Waals surface area contributed by atoms with Gasteiger partial charge in [0.15, 0.2) is 0 Å². The van der Waals surface area contributed by atoms with Crippen LogP contribution < -0.4 is 10.6 Å². The predicted molar refractivity (Wildman–Crippen MR) is 76.0 cm³/mol. The molecular weight excluding hydrogens is 329 g/mol. The van der Waals surface area contributed by atoms with E-state index in [1.54, 1.807) is 24.5 Å². The van der Waals surface area contributed by atoms with E-state index in [-0.39, 0.29) is 6.03 Å². The lowest BCUT2D eigenvalue weighted by Crippen LogP contribution is -2.19. The predicted octanol–water partition coefficient (Wildman–Crippen LogP) is 3.33. The van der Waals surface area contributed by atoms with Crippen LogP contribution in [0, 0.1) is 3.57 Å². The van der Waals surface area contributed by atoms with E-state index in [9.17, 15) is 4.79 Å². The van der Waals surface area contributed by atoms with Crippen molar-refractivity contribution < 1.29 is 4.79 Å². The summed E-state index contributed by atoms with van der Waals surface area (Å²) >= 11 is 2.17. The van der Waals surface area contributed by atoms with Crippen LogP contribution in [0.4, 0.5) is 16.2 Å². The second-order valence-corrected chi connectivity index (χ2v) is 4.46. The van der Waals surface area contributed by atoms with Crippen LogP contribution in [-0.2, 0) is 0 Å². The third-order valence-electron chi connectivity index (χ3n) is 2.06. The molecule has 1 aromatic heterocycles. The second-order valence-electron chi connectivity index (χ2n) is 3.29. The third kappa shape index (κ3) is 3.42. The molecule has 0 bridgehead atoms. The van der Waals surface area contributed by atoms with Crippen molar-refractivity contribution in [2.75, 3.05) is 10.6 Å². The van der Waals surface area contributed by atoms with Gasteiger partial charge in [-0.2, -0.15) is 0 Å². The average Bonchev–Trinajstić information content (AvgIpc) is 2.33. The molecule has 0 radical (unpaired) electrons. The highest BCUT2D eigenvalue weighted by molar-refractivity contribution is 14.1. The summed E-state index contributed by atoms with van der Waals surface area (Å²) in [5.74, 6) is 0. The zero-order chi connectivity index (χ0) is 12.1. The number of carbonyl (C=O) groups is 1. The van der Waals surface area contributed by atoms with Crippen LogP contribution in [0.25, 0.3) is 0 Å². The van der Waals surface area contributed by atoms with Crippen molar-refractivity contribution in [3.8, 4) is 0 Å². The van der Waals surface area contributed by atoms with Gasteiger partial charge in [-0.15, -0.1) is 0 Å². The first-order valence-corrected chi connectivity index (χ1v) is 6.06. The first kappa shape index (κ1) is 11.8. The van der Waals surface area contributed by atoms with Crippen molar-refractivity contribution in [3.05, 3.63) is 52.4 Å².